The van der Waals surface area contributed by atoms with Crippen molar-refractivity contribution in [1.82, 2.24) is 24.5 Å². The van der Waals surface area contributed by atoms with Crippen molar-refractivity contribution in [3.8, 4) is 22.8 Å². The molecule has 0 unspecified atom stereocenters. The summed E-state index contributed by atoms with van der Waals surface area (Å²) in [4.78, 5) is 18.9. The Labute approximate surface area is 166 Å². The third-order valence-corrected chi connectivity index (χ3v) is 4.85. The van der Waals surface area contributed by atoms with E-state index in [1.807, 2.05) is 53.1 Å². The summed E-state index contributed by atoms with van der Waals surface area (Å²) in [6, 6.07) is 13.3. The Morgan fingerprint density at radius 3 is 2.66 bits per heavy atom. The lowest BCUT2D eigenvalue weighted by Crippen LogP contribution is -2.40. The van der Waals surface area contributed by atoms with Crippen LogP contribution in [-0.2, 0) is 4.74 Å². The second kappa shape index (κ2) is 7.40. The van der Waals surface area contributed by atoms with Crippen LogP contribution in [0.1, 0.15) is 10.5 Å². The zero-order chi connectivity index (χ0) is 19.6. The van der Waals surface area contributed by atoms with Gasteiger partial charge in [-0.15, -0.1) is 0 Å². The summed E-state index contributed by atoms with van der Waals surface area (Å²) < 4.78 is 13.1. The van der Waals surface area contributed by atoms with Crippen molar-refractivity contribution in [2.24, 2.45) is 0 Å². The topological polar surface area (TPSA) is 84.8 Å². The van der Waals surface area contributed by atoms with Gasteiger partial charge in [-0.1, -0.05) is 0 Å². The molecule has 8 nitrogen and oxygen atoms in total. The van der Waals surface area contributed by atoms with Gasteiger partial charge in [-0.05, 0) is 42.0 Å². The fraction of sp³-hybridized carbons (Fsp3) is 0.190. The van der Waals surface area contributed by atoms with Gasteiger partial charge in [0.15, 0.2) is 0 Å². The van der Waals surface area contributed by atoms with Crippen molar-refractivity contribution < 1.29 is 14.3 Å². The highest BCUT2D eigenvalue weighted by Crippen LogP contribution is 2.25. The van der Waals surface area contributed by atoms with E-state index < -0.39 is 0 Å². The number of hydrogen-bond acceptors (Lipinski definition) is 5. The van der Waals surface area contributed by atoms with Crippen LogP contribution in [0.3, 0.4) is 0 Å². The van der Waals surface area contributed by atoms with Crippen LogP contribution in [0.15, 0.2) is 61.1 Å². The van der Waals surface area contributed by atoms with Crippen molar-refractivity contribution in [3.63, 3.8) is 0 Å². The minimum atomic E-state index is -0.0751. The maximum atomic E-state index is 12.6. The SMILES string of the molecule is O=C(c1cn2ccc(Oc3ccc(-c4ccn[nH]4)cc3)cc2n1)N1CCOCC1. The molecule has 1 amide bonds. The van der Waals surface area contributed by atoms with Crippen molar-refractivity contribution in [1.29, 1.82) is 0 Å². The Morgan fingerprint density at radius 2 is 1.90 bits per heavy atom. The Balaban J connectivity index is 1.34. The van der Waals surface area contributed by atoms with E-state index in [2.05, 4.69) is 15.2 Å². The van der Waals surface area contributed by atoms with Crippen LogP contribution in [-0.4, -0.2) is 56.7 Å². The number of aromatic amines is 1. The molecule has 0 radical (unpaired) electrons. The van der Waals surface area contributed by atoms with Gasteiger partial charge in [0.05, 0.1) is 18.9 Å². The second-order valence-corrected chi connectivity index (χ2v) is 6.76. The molecule has 3 aromatic heterocycles. The van der Waals surface area contributed by atoms with E-state index in [1.165, 1.54) is 0 Å². The Kier molecular flexibility index (Phi) is 4.45. The smallest absolute Gasteiger partial charge is 0.274 e. The predicted molar refractivity (Wildman–Crippen MR) is 106 cm³/mol. The highest BCUT2D eigenvalue weighted by Gasteiger charge is 2.21. The number of morpholine rings is 1. The summed E-state index contributed by atoms with van der Waals surface area (Å²) >= 11 is 0. The maximum absolute atomic E-state index is 12.6. The molecular weight excluding hydrogens is 370 g/mol. The molecule has 5 rings (SSSR count). The maximum Gasteiger partial charge on any atom is 0.274 e. The van der Waals surface area contributed by atoms with Gasteiger partial charge >= 0.3 is 0 Å². The zero-order valence-corrected chi connectivity index (χ0v) is 15.6. The van der Waals surface area contributed by atoms with E-state index in [0.717, 1.165) is 11.3 Å². The van der Waals surface area contributed by atoms with Crippen molar-refractivity contribution in [3.05, 3.63) is 66.7 Å². The fourth-order valence-corrected chi connectivity index (χ4v) is 3.31. The molecular formula is C21H19N5O3. The van der Waals surface area contributed by atoms with Crippen LogP contribution in [0.4, 0.5) is 0 Å². The number of fused-ring (bicyclic) bond motifs is 1. The molecule has 146 valence electrons. The van der Waals surface area contributed by atoms with E-state index in [-0.39, 0.29) is 5.91 Å². The number of rotatable bonds is 4. The summed E-state index contributed by atoms with van der Waals surface area (Å²) in [7, 11) is 0. The molecule has 4 heterocycles. The molecule has 29 heavy (non-hydrogen) atoms. The largest absolute Gasteiger partial charge is 0.457 e. The number of carbonyl (C=O) groups excluding carboxylic acids is 1. The van der Waals surface area contributed by atoms with Gasteiger partial charge < -0.3 is 18.8 Å². The average Bonchev–Trinajstić information content (AvgIpc) is 3.44. The second-order valence-electron chi connectivity index (χ2n) is 6.76. The quantitative estimate of drug-likeness (QED) is 0.580. The third-order valence-electron chi connectivity index (χ3n) is 4.85. The van der Waals surface area contributed by atoms with E-state index >= 15 is 0 Å². The fourth-order valence-electron chi connectivity index (χ4n) is 3.31. The lowest BCUT2D eigenvalue weighted by atomic mass is 10.1. The van der Waals surface area contributed by atoms with Gasteiger partial charge in [-0.25, -0.2) is 4.98 Å². The number of amides is 1. The number of pyridine rings is 1. The van der Waals surface area contributed by atoms with Crippen molar-refractivity contribution >= 4 is 11.6 Å². The molecule has 1 aromatic carbocycles. The first kappa shape index (κ1) is 17.4. The number of aromatic nitrogens is 4. The molecule has 0 spiro atoms. The van der Waals surface area contributed by atoms with Crippen LogP contribution >= 0.6 is 0 Å². The molecule has 0 aliphatic carbocycles. The molecule has 1 fully saturated rings. The molecule has 1 N–H and O–H groups in total. The Hall–Kier alpha value is -3.65. The van der Waals surface area contributed by atoms with Crippen LogP contribution in [0.25, 0.3) is 16.9 Å². The number of carbonyl (C=O) groups is 1. The average molecular weight is 389 g/mol. The molecule has 8 heteroatoms. The number of imidazole rings is 1. The number of nitrogens with zero attached hydrogens (tertiary/aromatic N) is 4. The standard InChI is InChI=1S/C21H19N5O3/c27-21(25-9-11-28-12-10-25)19-14-26-8-6-17(13-20(26)23-19)29-16-3-1-15(2-4-16)18-5-7-22-24-18/h1-8,13-14H,9-12H2,(H,22,24). The van der Waals surface area contributed by atoms with Gasteiger partial charge in [0.2, 0.25) is 0 Å². The molecule has 1 saturated heterocycles. The van der Waals surface area contributed by atoms with Gasteiger partial charge in [-0.2, -0.15) is 5.10 Å². The van der Waals surface area contributed by atoms with E-state index in [9.17, 15) is 4.79 Å². The summed E-state index contributed by atoms with van der Waals surface area (Å²) in [6.45, 7) is 2.32. The molecule has 0 atom stereocenters. The number of H-pyrrole nitrogens is 1. The monoisotopic (exact) mass is 389 g/mol. The van der Waals surface area contributed by atoms with Gasteiger partial charge in [0.25, 0.3) is 5.91 Å². The van der Waals surface area contributed by atoms with Gasteiger partial charge in [0, 0.05) is 37.7 Å². The molecule has 0 saturated carbocycles. The first-order valence-electron chi connectivity index (χ1n) is 9.40. The lowest BCUT2D eigenvalue weighted by molar-refractivity contribution is 0.0299. The third kappa shape index (κ3) is 3.57. The summed E-state index contributed by atoms with van der Waals surface area (Å²) in [5, 5.41) is 6.90. The van der Waals surface area contributed by atoms with Gasteiger partial charge in [-0.3, -0.25) is 9.89 Å². The summed E-state index contributed by atoms with van der Waals surface area (Å²) in [6.07, 6.45) is 5.31. The van der Waals surface area contributed by atoms with E-state index in [0.29, 0.717) is 49.1 Å². The Morgan fingerprint density at radius 1 is 1.07 bits per heavy atom. The van der Waals surface area contributed by atoms with E-state index in [1.54, 1.807) is 17.3 Å². The number of ether oxygens (including phenoxy) is 2. The molecule has 1 aliphatic rings. The molecule has 0 bridgehead atoms. The van der Waals surface area contributed by atoms with Crippen molar-refractivity contribution in [2.45, 2.75) is 0 Å². The summed E-state index contributed by atoms with van der Waals surface area (Å²) in [5.41, 5.74) is 3.07. The minimum absolute atomic E-state index is 0.0751. The first-order chi connectivity index (χ1) is 14.3. The number of benzene rings is 1. The highest BCUT2D eigenvalue weighted by atomic mass is 16.5. The van der Waals surface area contributed by atoms with Crippen LogP contribution in [0.5, 0.6) is 11.5 Å². The minimum Gasteiger partial charge on any atom is -0.457 e. The van der Waals surface area contributed by atoms with Crippen LogP contribution in [0.2, 0.25) is 0 Å². The predicted octanol–water partition coefficient (Wildman–Crippen LogP) is 2.99. The first-order valence-corrected chi connectivity index (χ1v) is 9.40. The molecule has 4 aromatic rings. The zero-order valence-electron chi connectivity index (χ0n) is 15.6. The highest BCUT2D eigenvalue weighted by molar-refractivity contribution is 5.93. The summed E-state index contributed by atoms with van der Waals surface area (Å²) in [5.74, 6) is 1.30. The van der Waals surface area contributed by atoms with Crippen molar-refractivity contribution in [2.75, 3.05) is 26.3 Å². The van der Waals surface area contributed by atoms with E-state index in [4.69, 9.17) is 9.47 Å². The van der Waals surface area contributed by atoms with Gasteiger partial charge in [0.1, 0.15) is 22.8 Å². The number of hydrogen-bond donors (Lipinski definition) is 1. The van der Waals surface area contributed by atoms with Crippen LogP contribution < -0.4 is 4.74 Å². The normalized spacial score (nSPS) is 14.3. The Bertz CT molecular complexity index is 1130. The number of nitrogens with one attached hydrogen (secondary N) is 1. The lowest BCUT2D eigenvalue weighted by Gasteiger charge is -2.25. The van der Waals surface area contributed by atoms with Crippen LogP contribution in [0, 0.1) is 0 Å². The molecule has 1 aliphatic heterocycles.